The van der Waals surface area contributed by atoms with E-state index in [2.05, 4.69) is 19.4 Å². The average molecular weight is 379 g/mol. The average Bonchev–Trinajstić information content (AvgIpc) is 3.05. The molecule has 7 nitrogen and oxygen atoms in total. The molecular weight excluding hydrogens is 364 g/mol. The standard InChI is InChI=1S/C16H15F2N5O2S/c1-10(2)26(25,22-16(24)15(17)18)13-3-4-14-11(5-13)8-23(21-14)12-6-19-9-20-7-12/h3-10,15H,1-2H3. The molecule has 0 saturated carbocycles. The van der Waals surface area contributed by atoms with E-state index in [1.54, 1.807) is 49.3 Å². The second-order valence-electron chi connectivity index (χ2n) is 5.74. The van der Waals surface area contributed by atoms with E-state index in [1.807, 2.05) is 0 Å². The van der Waals surface area contributed by atoms with E-state index < -0.39 is 27.3 Å². The van der Waals surface area contributed by atoms with Crippen molar-refractivity contribution in [2.45, 2.75) is 30.4 Å². The molecule has 0 spiro atoms. The maximum Gasteiger partial charge on any atom is 0.321 e. The molecule has 1 aromatic carbocycles. The van der Waals surface area contributed by atoms with E-state index in [4.69, 9.17) is 0 Å². The van der Waals surface area contributed by atoms with E-state index >= 15 is 0 Å². The van der Waals surface area contributed by atoms with Crippen LogP contribution in [-0.4, -0.2) is 41.5 Å². The molecule has 1 amide bonds. The molecule has 2 aromatic heterocycles. The Morgan fingerprint density at radius 1 is 1.23 bits per heavy atom. The molecule has 26 heavy (non-hydrogen) atoms. The highest BCUT2D eigenvalue weighted by molar-refractivity contribution is 7.94. The smallest absolute Gasteiger partial charge is 0.265 e. The predicted molar refractivity (Wildman–Crippen MR) is 91.6 cm³/mol. The van der Waals surface area contributed by atoms with Crippen molar-refractivity contribution in [3.05, 3.63) is 43.1 Å². The molecule has 136 valence electrons. The van der Waals surface area contributed by atoms with Crippen molar-refractivity contribution in [1.29, 1.82) is 0 Å². The van der Waals surface area contributed by atoms with Gasteiger partial charge in [-0.05, 0) is 32.0 Å². The van der Waals surface area contributed by atoms with Crippen molar-refractivity contribution in [2.75, 3.05) is 0 Å². The summed E-state index contributed by atoms with van der Waals surface area (Å²) in [7, 11) is -3.34. The summed E-state index contributed by atoms with van der Waals surface area (Å²) in [5.74, 6) is -1.68. The summed E-state index contributed by atoms with van der Waals surface area (Å²) in [5, 5.41) is 4.37. The third-order valence-electron chi connectivity index (χ3n) is 3.68. The van der Waals surface area contributed by atoms with Crippen LogP contribution in [0.15, 0.2) is 52.4 Å². The summed E-state index contributed by atoms with van der Waals surface area (Å²) >= 11 is 0. The molecule has 0 radical (unpaired) electrons. The minimum Gasteiger partial charge on any atom is -0.265 e. The fourth-order valence-corrected chi connectivity index (χ4v) is 4.10. The highest BCUT2D eigenvalue weighted by atomic mass is 32.2. The lowest BCUT2D eigenvalue weighted by atomic mass is 10.3. The molecular formula is C16H15F2N5O2S. The number of amides is 1. The van der Waals surface area contributed by atoms with Gasteiger partial charge in [0.1, 0.15) is 12.0 Å². The Morgan fingerprint density at radius 3 is 2.54 bits per heavy atom. The van der Waals surface area contributed by atoms with Gasteiger partial charge in [0.05, 0.1) is 27.6 Å². The molecule has 1 atom stereocenters. The lowest BCUT2D eigenvalue weighted by molar-refractivity contribution is -0.127. The lowest BCUT2D eigenvalue weighted by Gasteiger charge is -2.13. The first-order valence-electron chi connectivity index (χ1n) is 7.64. The van der Waals surface area contributed by atoms with Gasteiger partial charge >= 0.3 is 12.3 Å². The van der Waals surface area contributed by atoms with Crippen LogP contribution in [0, 0.1) is 0 Å². The zero-order valence-electron chi connectivity index (χ0n) is 13.9. The van der Waals surface area contributed by atoms with Gasteiger partial charge in [-0.1, -0.05) is 0 Å². The zero-order valence-corrected chi connectivity index (χ0v) is 14.7. The van der Waals surface area contributed by atoms with Crippen LogP contribution in [0.2, 0.25) is 0 Å². The van der Waals surface area contributed by atoms with E-state index in [0.717, 1.165) is 0 Å². The highest BCUT2D eigenvalue weighted by Crippen LogP contribution is 2.25. The number of benzene rings is 1. The third kappa shape index (κ3) is 3.32. The number of carbonyl (C=O) groups is 1. The molecule has 0 aliphatic carbocycles. The first-order valence-corrected chi connectivity index (χ1v) is 9.22. The van der Waals surface area contributed by atoms with Crippen LogP contribution < -0.4 is 0 Å². The Balaban J connectivity index is 2.13. The molecule has 3 rings (SSSR count). The summed E-state index contributed by atoms with van der Waals surface area (Å²) in [6.45, 7) is 3.14. The third-order valence-corrected chi connectivity index (χ3v) is 6.33. The Bertz CT molecular complexity index is 1070. The van der Waals surface area contributed by atoms with Crippen molar-refractivity contribution >= 4 is 26.5 Å². The number of carbonyl (C=O) groups excluding carboxylic acids is 1. The van der Waals surface area contributed by atoms with Crippen molar-refractivity contribution in [1.82, 2.24) is 19.7 Å². The van der Waals surface area contributed by atoms with Gasteiger partial charge in [0.25, 0.3) is 0 Å². The molecule has 0 saturated heterocycles. The lowest BCUT2D eigenvalue weighted by Crippen LogP contribution is -2.18. The van der Waals surface area contributed by atoms with Crippen LogP contribution in [0.5, 0.6) is 0 Å². The highest BCUT2D eigenvalue weighted by Gasteiger charge is 2.24. The molecule has 0 aliphatic heterocycles. The SMILES string of the molecule is CC(C)S(=O)(=NC(=O)C(F)F)c1ccc2nn(-c3cncnc3)cc2c1. The maximum atomic E-state index is 13.2. The molecule has 0 aliphatic rings. The Kier molecular flexibility index (Phi) is 4.77. The second-order valence-corrected chi connectivity index (χ2v) is 8.47. The van der Waals surface area contributed by atoms with Crippen LogP contribution in [0.3, 0.4) is 0 Å². The summed E-state index contributed by atoms with van der Waals surface area (Å²) < 4.78 is 43.2. The molecule has 10 heteroatoms. The van der Waals surface area contributed by atoms with E-state index in [-0.39, 0.29) is 4.90 Å². The number of halogens is 2. The number of hydrogen-bond acceptors (Lipinski definition) is 5. The Morgan fingerprint density at radius 2 is 1.92 bits per heavy atom. The monoisotopic (exact) mass is 379 g/mol. The topological polar surface area (TPSA) is 90.1 Å². The van der Waals surface area contributed by atoms with Gasteiger partial charge in [-0.2, -0.15) is 18.2 Å². The first-order chi connectivity index (χ1) is 12.3. The van der Waals surface area contributed by atoms with Crippen LogP contribution in [0.25, 0.3) is 16.6 Å². The number of nitrogens with zero attached hydrogens (tertiary/aromatic N) is 5. The zero-order chi connectivity index (χ0) is 18.9. The number of fused-ring (bicyclic) bond motifs is 1. The number of alkyl halides is 2. The molecule has 0 bridgehead atoms. The Labute approximate surface area is 148 Å². The second kappa shape index (κ2) is 6.87. The van der Waals surface area contributed by atoms with Crippen molar-refractivity contribution < 1.29 is 17.8 Å². The molecule has 1 unspecified atom stereocenters. The van der Waals surface area contributed by atoms with Crippen LogP contribution in [-0.2, 0) is 14.5 Å². The Hall–Kier alpha value is -2.75. The van der Waals surface area contributed by atoms with Crippen LogP contribution in [0.1, 0.15) is 13.8 Å². The van der Waals surface area contributed by atoms with Gasteiger partial charge in [-0.15, -0.1) is 0 Å². The predicted octanol–water partition coefficient (Wildman–Crippen LogP) is 2.84. The minimum absolute atomic E-state index is 0.206. The number of hydrogen-bond donors (Lipinski definition) is 0. The van der Waals surface area contributed by atoms with Gasteiger partial charge in [-0.25, -0.2) is 18.9 Å². The fraction of sp³-hybridized carbons (Fsp3) is 0.250. The first kappa shape index (κ1) is 18.1. The van der Waals surface area contributed by atoms with Gasteiger partial charge in [0.2, 0.25) is 0 Å². The van der Waals surface area contributed by atoms with Crippen LogP contribution >= 0.6 is 0 Å². The summed E-state index contributed by atoms with van der Waals surface area (Å²) in [5.41, 5.74) is 1.23. The van der Waals surface area contributed by atoms with Gasteiger partial charge in [-0.3, -0.25) is 4.79 Å². The summed E-state index contributed by atoms with van der Waals surface area (Å²) in [4.78, 5) is 19.4. The molecule has 0 fully saturated rings. The number of rotatable bonds is 4. The van der Waals surface area contributed by atoms with E-state index in [9.17, 15) is 17.8 Å². The van der Waals surface area contributed by atoms with E-state index in [1.165, 1.54) is 12.4 Å². The van der Waals surface area contributed by atoms with Gasteiger partial charge in [0.15, 0.2) is 0 Å². The summed E-state index contributed by atoms with van der Waals surface area (Å²) in [6, 6.07) is 4.65. The maximum absolute atomic E-state index is 13.2. The fourth-order valence-electron chi connectivity index (χ4n) is 2.33. The summed E-state index contributed by atoms with van der Waals surface area (Å²) in [6.07, 6.45) is 2.93. The quantitative estimate of drug-likeness (QED) is 0.695. The molecule has 2 heterocycles. The van der Waals surface area contributed by atoms with Gasteiger partial charge < -0.3 is 0 Å². The van der Waals surface area contributed by atoms with Crippen molar-refractivity contribution in [2.24, 2.45) is 4.36 Å². The molecule has 3 aromatic rings. The van der Waals surface area contributed by atoms with Crippen LogP contribution in [0.4, 0.5) is 8.78 Å². The minimum atomic E-state index is -3.34. The van der Waals surface area contributed by atoms with Gasteiger partial charge in [0, 0.05) is 21.7 Å². The molecule has 0 N–H and O–H groups in total. The number of aromatic nitrogens is 4. The largest absolute Gasteiger partial charge is 0.321 e. The normalized spacial score (nSPS) is 13.9. The van der Waals surface area contributed by atoms with Crippen molar-refractivity contribution in [3.8, 4) is 5.69 Å². The van der Waals surface area contributed by atoms with Crippen molar-refractivity contribution in [3.63, 3.8) is 0 Å². The van der Waals surface area contributed by atoms with E-state index in [0.29, 0.717) is 16.6 Å².